The summed E-state index contributed by atoms with van der Waals surface area (Å²) in [6.45, 7) is 6.34. The van der Waals surface area contributed by atoms with Crippen LogP contribution in [-0.2, 0) is 6.54 Å². The minimum Gasteiger partial charge on any atom is -0.496 e. The van der Waals surface area contributed by atoms with E-state index in [-0.39, 0.29) is 0 Å². The van der Waals surface area contributed by atoms with E-state index in [1.54, 1.807) is 7.11 Å². The van der Waals surface area contributed by atoms with Gasteiger partial charge in [0.25, 0.3) is 0 Å². The van der Waals surface area contributed by atoms with Crippen molar-refractivity contribution in [2.75, 3.05) is 13.7 Å². The third-order valence-electron chi connectivity index (χ3n) is 4.91. The molecule has 0 saturated carbocycles. The normalized spacial score (nSPS) is 20.5. The molecule has 2 atom stereocenters. The van der Waals surface area contributed by atoms with E-state index in [4.69, 9.17) is 4.74 Å². The van der Waals surface area contributed by atoms with Gasteiger partial charge in [0.1, 0.15) is 5.75 Å². The number of rotatable bonds is 6. The molecule has 128 valence electrons. The Morgan fingerprint density at radius 3 is 2.67 bits per heavy atom. The van der Waals surface area contributed by atoms with Crippen molar-refractivity contribution in [2.24, 2.45) is 0 Å². The number of hydrogen-bond acceptors (Lipinski definition) is 3. The molecule has 2 N–H and O–H groups in total. The molecule has 3 nitrogen and oxygen atoms in total. The lowest BCUT2D eigenvalue weighted by Gasteiger charge is -2.22. The monoisotopic (exact) mass is 324 g/mol. The largest absolute Gasteiger partial charge is 0.496 e. The van der Waals surface area contributed by atoms with Crippen molar-refractivity contribution >= 4 is 0 Å². The maximum absolute atomic E-state index is 5.55. The lowest BCUT2D eigenvalue weighted by molar-refractivity contribution is 0.401. The quantitative estimate of drug-likeness (QED) is 0.842. The highest BCUT2D eigenvalue weighted by Crippen LogP contribution is 2.27. The minimum atomic E-state index is 0.380. The van der Waals surface area contributed by atoms with Crippen LogP contribution < -0.4 is 15.4 Å². The van der Waals surface area contributed by atoms with E-state index < -0.39 is 0 Å². The summed E-state index contributed by atoms with van der Waals surface area (Å²) in [6.07, 6.45) is 1.14. The second-order valence-electron chi connectivity index (χ2n) is 6.84. The molecule has 1 fully saturated rings. The molecule has 3 rings (SSSR count). The summed E-state index contributed by atoms with van der Waals surface area (Å²) in [6, 6.07) is 18.1. The van der Waals surface area contributed by atoms with Gasteiger partial charge in [0.05, 0.1) is 7.11 Å². The molecule has 3 heteroatoms. The van der Waals surface area contributed by atoms with Gasteiger partial charge in [-0.2, -0.15) is 0 Å². The summed E-state index contributed by atoms with van der Waals surface area (Å²) in [5.41, 5.74) is 3.95. The molecule has 0 unspecified atom stereocenters. The Morgan fingerprint density at radius 2 is 1.96 bits per heavy atom. The molecule has 1 aliphatic heterocycles. The van der Waals surface area contributed by atoms with Gasteiger partial charge in [-0.25, -0.2) is 0 Å². The second kappa shape index (κ2) is 7.82. The molecule has 0 aromatic heterocycles. The summed E-state index contributed by atoms with van der Waals surface area (Å²) in [7, 11) is 1.75. The van der Waals surface area contributed by atoms with Crippen LogP contribution in [0.2, 0.25) is 0 Å². The van der Waals surface area contributed by atoms with Gasteiger partial charge in [0, 0.05) is 24.2 Å². The maximum Gasteiger partial charge on any atom is 0.123 e. The first-order valence-corrected chi connectivity index (χ1v) is 8.87. The van der Waals surface area contributed by atoms with E-state index in [9.17, 15) is 0 Å². The average molecular weight is 324 g/mol. The highest BCUT2D eigenvalue weighted by atomic mass is 16.5. The van der Waals surface area contributed by atoms with Gasteiger partial charge < -0.3 is 15.4 Å². The third kappa shape index (κ3) is 3.80. The zero-order valence-corrected chi connectivity index (χ0v) is 14.9. The average Bonchev–Trinajstić information content (AvgIpc) is 3.09. The van der Waals surface area contributed by atoms with Gasteiger partial charge in [-0.05, 0) is 36.1 Å². The van der Waals surface area contributed by atoms with Gasteiger partial charge in [0.2, 0.25) is 0 Å². The van der Waals surface area contributed by atoms with Crippen LogP contribution in [0.4, 0.5) is 0 Å². The molecule has 1 saturated heterocycles. The minimum absolute atomic E-state index is 0.380. The Hall–Kier alpha value is -1.84. The van der Waals surface area contributed by atoms with E-state index in [1.165, 1.54) is 16.7 Å². The summed E-state index contributed by atoms with van der Waals surface area (Å²) < 4.78 is 5.55. The highest BCUT2D eigenvalue weighted by molar-refractivity contribution is 5.38. The molecule has 1 aliphatic rings. The van der Waals surface area contributed by atoms with Gasteiger partial charge in [-0.1, -0.05) is 56.3 Å². The van der Waals surface area contributed by atoms with E-state index in [1.807, 2.05) is 0 Å². The Labute approximate surface area is 145 Å². The third-order valence-corrected chi connectivity index (χ3v) is 4.91. The lowest BCUT2D eigenvalue weighted by atomic mass is 9.98. The fourth-order valence-electron chi connectivity index (χ4n) is 3.47. The number of benzene rings is 2. The Kier molecular flexibility index (Phi) is 5.54. The first kappa shape index (κ1) is 17.0. The zero-order valence-electron chi connectivity index (χ0n) is 14.9. The van der Waals surface area contributed by atoms with Gasteiger partial charge in [-0.15, -0.1) is 0 Å². The van der Waals surface area contributed by atoms with Crippen LogP contribution in [-0.4, -0.2) is 19.7 Å². The van der Waals surface area contributed by atoms with Crippen LogP contribution in [0.25, 0.3) is 0 Å². The van der Waals surface area contributed by atoms with Crippen LogP contribution in [0.3, 0.4) is 0 Å². The van der Waals surface area contributed by atoms with Crippen molar-refractivity contribution in [3.05, 3.63) is 65.2 Å². The molecular formula is C21H28N2O. The van der Waals surface area contributed by atoms with E-state index >= 15 is 0 Å². The van der Waals surface area contributed by atoms with Crippen LogP contribution in [0.1, 0.15) is 48.9 Å². The number of methoxy groups -OCH3 is 1. The predicted octanol–water partition coefficient (Wildman–Crippen LogP) is 4.01. The zero-order chi connectivity index (χ0) is 16.9. The van der Waals surface area contributed by atoms with Crippen molar-refractivity contribution in [1.82, 2.24) is 10.6 Å². The van der Waals surface area contributed by atoms with Crippen LogP contribution in [0.15, 0.2) is 48.5 Å². The summed E-state index contributed by atoms with van der Waals surface area (Å²) in [4.78, 5) is 0. The standard InChI is InChI=1S/C21H28N2O/c1-15(2)17-9-10-20(24-3)18(13-17)14-23-19-11-12-22-21(19)16-7-5-4-6-8-16/h4-10,13,15,19,21-23H,11-12,14H2,1-3H3/t19-,21-/m1/s1. The molecule has 1 heterocycles. The summed E-state index contributed by atoms with van der Waals surface area (Å²) in [5.74, 6) is 1.49. The molecule has 0 spiro atoms. The van der Waals surface area contributed by atoms with Gasteiger partial charge >= 0.3 is 0 Å². The van der Waals surface area contributed by atoms with Crippen LogP contribution >= 0.6 is 0 Å². The molecule has 2 aromatic carbocycles. The lowest BCUT2D eigenvalue weighted by Crippen LogP contribution is -2.34. The van der Waals surface area contributed by atoms with Crippen LogP contribution in [0.5, 0.6) is 5.75 Å². The molecule has 0 amide bonds. The van der Waals surface area contributed by atoms with Gasteiger partial charge in [-0.3, -0.25) is 0 Å². The fraction of sp³-hybridized carbons (Fsp3) is 0.429. The first-order valence-electron chi connectivity index (χ1n) is 8.87. The maximum atomic E-state index is 5.55. The van der Waals surface area contributed by atoms with E-state index in [2.05, 4.69) is 73.0 Å². The molecule has 2 aromatic rings. The molecular weight excluding hydrogens is 296 g/mol. The Bertz CT molecular complexity index is 654. The van der Waals surface area contributed by atoms with Crippen LogP contribution in [0, 0.1) is 0 Å². The molecule has 0 radical (unpaired) electrons. The van der Waals surface area contributed by atoms with Crippen molar-refractivity contribution in [3.63, 3.8) is 0 Å². The first-order chi connectivity index (χ1) is 11.7. The fourth-order valence-corrected chi connectivity index (χ4v) is 3.47. The van der Waals surface area contributed by atoms with Crippen molar-refractivity contribution < 1.29 is 4.74 Å². The van der Waals surface area contributed by atoms with Crippen molar-refractivity contribution in [3.8, 4) is 5.75 Å². The van der Waals surface area contributed by atoms with E-state index in [0.717, 1.165) is 25.3 Å². The molecule has 24 heavy (non-hydrogen) atoms. The van der Waals surface area contributed by atoms with Crippen molar-refractivity contribution in [1.29, 1.82) is 0 Å². The number of ether oxygens (including phenoxy) is 1. The Balaban J connectivity index is 1.72. The SMILES string of the molecule is COc1ccc(C(C)C)cc1CN[C@@H]1CCN[C@@H]1c1ccccc1. The molecule has 0 aliphatic carbocycles. The summed E-state index contributed by atoms with van der Waals surface area (Å²) >= 11 is 0. The van der Waals surface area contributed by atoms with Crippen molar-refractivity contribution in [2.45, 2.75) is 44.8 Å². The summed E-state index contributed by atoms with van der Waals surface area (Å²) in [5, 5.41) is 7.37. The Morgan fingerprint density at radius 1 is 1.17 bits per heavy atom. The second-order valence-corrected chi connectivity index (χ2v) is 6.84. The topological polar surface area (TPSA) is 33.3 Å². The number of hydrogen-bond donors (Lipinski definition) is 2. The predicted molar refractivity (Wildman–Crippen MR) is 99.5 cm³/mol. The highest BCUT2D eigenvalue weighted by Gasteiger charge is 2.27. The number of nitrogens with one attached hydrogen (secondary N) is 2. The molecule has 0 bridgehead atoms. The van der Waals surface area contributed by atoms with Gasteiger partial charge in [0.15, 0.2) is 0 Å². The van der Waals surface area contributed by atoms with E-state index in [0.29, 0.717) is 18.0 Å². The smallest absolute Gasteiger partial charge is 0.123 e.